The van der Waals surface area contributed by atoms with Gasteiger partial charge in [0.2, 0.25) is 5.91 Å². The summed E-state index contributed by atoms with van der Waals surface area (Å²) >= 11 is 0. The van der Waals surface area contributed by atoms with Gasteiger partial charge in [0.1, 0.15) is 0 Å². The Morgan fingerprint density at radius 2 is 1.38 bits per heavy atom. The summed E-state index contributed by atoms with van der Waals surface area (Å²) in [4.78, 5) is 12.3. The van der Waals surface area contributed by atoms with Gasteiger partial charge in [0.05, 0.1) is 0 Å². The Bertz CT molecular complexity index is 637. The lowest BCUT2D eigenvalue weighted by Gasteiger charge is -2.05. The summed E-state index contributed by atoms with van der Waals surface area (Å²) in [5.41, 5.74) is 2.64. The molecule has 0 saturated heterocycles. The van der Waals surface area contributed by atoms with Crippen LogP contribution in [-0.4, -0.2) is 11.9 Å². The molecule has 2 saturated carbocycles. The molecule has 0 bridgehead atoms. The zero-order valence-corrected chi connectivity index (χ0v) is 11.9. The maximum atomic E-state index is 12.3. The van der Waals surface area contributed by atoms with Crippen molar-refractivity contribution in [3.63, 3.8) is 0 Å². The smallest absolute Gasteiger partial charge is 0.223 e. The van der Waals surface area contributed by atoms with Crippen molar-refractivity contribution in [3.05, 3.63) is 71.8 Å². The molecule has 0 spiro atoms. The summed E-state index contributed by atoms with van der Waals surface area (Å²) in [5, 5.41) is 3.23. The van der Waals surface area contributed by atoms with E-state index >= 15 is 0 Å². The topological polar surface area (TPSA) is 29.1 Å². The predicted octanol–water partition coefficient (Wildman–Crippen LogP) is 3.46. The summed E-state index contributed by atoms with van der Waals surface area (Å²) in [6, 6.07) is 21.2. The second-order valence-electron chi connectivity index (χ2n) is 6.23. The van der Waals surface area contributed by atoms with Crippen molar-refractivity contribution in [1.29, 1.82) is 0 Å². The van der Waals surface area contributed by atoms with Gasteiger partial charge in [-0.15, -0.1) is 0 Å². The molecule has 2 aliphatic rings. The summed E-state index contributed by atoms with van der Waals surface area (Å²) in [6.45, 7) is 0. The third kappa shape index (κ3) is 2.58. The van der Waals surface area contributed by atoms with Crippen LogP contribution in [0.2, 0.25) is 0 Å². The number of rotatable bonds is 4. The van der Waals surface area contributed by atoms with E-state index in [1.807, 2.05) is 12.1 Å². The van der Waals surface area contributed by atoms with Gasteiger partial charge in [0.15, 0.2) is 0 Å². The van der Waals surface area contributed by atoms with Crippen molar-refractivity contribution >= 4 is 5.91 Å². The van der Waals surface area contributed by atoms with Gasteiger partial charge in [-0.25, -0.2) is 0 Å². The molecule has 0 aliphatic heterocycles. The predicted molar refractivity (Wildman–Crippen MR) is 83.0 cm³/mol. The number of amides is 1. The van der Waals surface area contributed by atoms with Crippen LogP contribution in [0.3, 0.4) is 0 Å². The number of carbonyl (C=O) groups is 1. The Morgan fingerprint density at radius 1 is 0.810 bits per heavy atom. The molecule has 4 rings (SSSR count). The number of nitrogens with one attached hydrogen (secondary N) is 1. The minimum absolute atomic E-state index is 0.185. The monoisotopic (exact) mass is 277 g/mol. The Kier molecular flexibility index (Phi) is 3.03. The summed E-state index contributed by atoms with van der Waals surface area (Å²) in [6.07, 6.45) is 2.08. The van der Waals surface area contributed by atoms with Crippen molar-refractivity contribution in [2.75, 3.05) is 0 Å². The molecule has 2 nitrogen and oxygen atoms in total. The van der Waals surface area contributed by atoms with E-state index in [0.717, 1.165) is 12.8 Å². The molecule has 0 aromatic heterocycles. The fourth-order valence-electron chi connectivity index (χ4n) is 3.27. The molecule has 2 unspecified atom stereocenters. The molecule has 0 radical (unpaired) electrons. The molecule has 1 amide bonds. The normalized spacial score (nSPS) is 29.7. The molecule has 2 heteroatoms. The lowest BCUT2D eigenvalue weighted by Crippen LogP contribution is -2.28. The van der Waals surface area contributed by atoms with Crippen LogP contribution < -0.4 is 5.32 Å². The van der Waals surface area contributed by atoms with Crippen LogP contribution in [0.4, 0.5) is 0 Å². The standard InChI is InChI=1S/C19H19NO/c21-19(17-11-15(17)13-7-3-1-4-8-13)20-18-12-16(18)14-9-5-2-6-10-14/h1-10,15-18H,11-12H2,(H,20,21)/t15?,16-,17-,18?/m1/s1. The fourth-order valence-corrected chi connectivity index (χ4v) is 3.27. The van der Waals surface area contributed by atoms with Crippen LogP contribution in [0.15, 0.2) is 60.7 Å². The molecule has 2 aromatic carbocycles. The highest BCUT2D eigenvalue weighted by Crippen LogP contribution is 2.48. The SMILES string of the molecule is O=C(NC1C[C@@H]1c1ccccc1)[C@@H]1CC1c1ccccc1. The van der Waals surface area contributed by atoms with Gasteiger partial charge in [-0.3, -0.25) is 4.79 Å². The lowest BCUT2D eigenvalue weighted by molar-refractivity contribution is -0.122. The molecule has 106 valence electrons. The van der Waals surface area contributed by atoms with E-state index < -0.39 is 0 Å². The summed E-state index contributed by atoms with van der Waals surface area (Å²) in [7, 11) is 0. The highest BCUT2D eigenvalue weighted by molar-refractivity contribution is 5.83. The summed E-state index contributed by atoms with van der Waals surface area (Å²) in [5.74, 6) is 1.38. The molecular formula is C19H19NO. The average molecular weight is 277 g/mol. The number of hydrogen-bond acceptors (Lipinski definition) is 1. The highest BCUT2D eigenvalue weighted by Gasteiger charge is 2.47. The van der Waals surface area contributed by atoms with Crippen molar-refractivity contribution in [1.82, 2.24) is 5.32 Å². The first-order valence-electron chi connectivity index (χ1n) is 7.73. The minimum atomic E-state index is 0.185. The third-order valence-electron chi connectivity index (χ3n) is 4.70. The zero-order valence-electron chi connectivity index (χ0n) is 11.9. The van der Waals surface area contributed by atoms with E-state index in [-0.39, 0.29) is 11.8 Å². The molecule has 0 heterocycles. The van der Waals surface area contributed by atoms with Crippen LogP contribution in [-0.2, 0) is 4.79 Å². The van der Waals surface area contributed by atoms with Gasteiger partial charge >= 0.3 is 0 Å². The van der Waals surface area contributed by atoms with Gasteiger partial charge in [-0.05, 0) is 29.9 Å². The van der Waals surface area contributed by atoms with E-state index in [1.165, 1.54) is 11.1 Å². The zero-order chi connectivity index (χ0) is 14.2. The van der Waals surface area contributed by atoms with E-state index in [0.29, 0.717) is 17.9 Å². The first-order chi connectivity index (χ1) is 10.3. The van der Waals surface area contributed by atoms with Crippen LogP contribution >= 0.6 is 0 Å². The minimum Gasteiger partial charge on any atom is -0.352 e. The largest absolute Gasteiger partial charge is 0.352 e. The third-order valence-corrected chi connectivity index (χ3v) is 4.70. The maximum absolute atomic E-state index is 12.3. The number of benzene rings is 2. The average Bonchev–Trinajstić information content (AvgIpc) is 3.43. The van der Waals surface area contributed by atoms with E-state index in [2.05, 4.69) is 53.8 Å². The van der Waals surface area contributed by atoms with Crippen molar-refractivity contribution < 1.29 is 4.79 Å². The van der Waals surface area contributed by atoms with Crippen LogP contribution in [0.1, 0.15) is 35.8 Å². The van der Waals surface area contributed by atoms with Gasteiger partial charge in [-0.2, -0.15) is 0 Å². The molecule has 4 atom stereocenters. The molecule has 1 N–H and O–H groups in total. The quantitative estimate of drug-likeness (QED) is 0.911. The fraction of sp³-hybridized carbons (Fsp3) is 0.316. The Balaban J connectivity index is 1.33. The summed E-state index contributed by atoms with van der Waals surface area (Å²) < 4.78 is 0. The molecule has 2 aromatic rings. The van der Waals surface area contributed by atoms with Gasteiger partial charge in [0, 0.05) is 17.9 Å². The van der Waals surface area contributed by atoms with Crippen molar-refractivity contribution in [3.8, 4) is 0 Å². The van der Waals surface area contributed by atoms with Crippen molar-refractivity contribution in [2.24, 2.45) is 5.92 Å². The van der Waals surface area contributed by atoms with Crippen LogP contribution in [0.5, 0.6) is 0 Å². The first-order valence-corrected chi connectivity index (χ1v) is 7.73. The molecule has 21 heavy (non-hydrogen) atoms. The van der Waals surface area contributed by atoms with Gasteiger partial charge < -0.3 is 5.32 Å². The molecule has 2 fully saturated rings. The number of hydrogen-bond donors (Lipinski definition) is 1. The second kappa shape index (κ2) is 5.03. The van der Waals surface area contributed by atoms with E-state index in [1.54, 1.807) is 0 Å². The second-order valence-corrected chi connectivity index (χ2v) is 6.23. The van der Waals surface area contributed by atoms with Crippen LogP contribution in [0, 0.1) is 5.92 Å². The highest BCUT2D eigenvalue weighted by atomic mass is 16.2. The molecule has 2 aliphatic carbocycles. The number of carbonyl (C=O) groups excluding carboxylic acids is 1. The lowest BCUT2D eigenvalue weighted by atomic mass is 10.1. The molecular weight excluding hydrogens is 258 g/mol. The van der Waals surface area contributed by atoms with E-state index in [4.69, 9.17) is 0 Å². The Hall–Kier alpha value is -2.09. The van der Waals surface area contributed by atoms with Crippen molar-refractivity contribution in [2.45, 2.75) is 30.7 Å². The Labute approximate surface area is 125 Å². The van der Waals surface area contributed by atoms with Crippen LogP contribution in [0.25, 0.3) is 0 Å². The first kappa shape index (κ1) is 12.6. The van der Waals surface area contributed by atoms with Gasteiger partial charge in [-0.1, -0.05) is 60.7 Å². The van der Waals surface area contributed by atoms with E-state index in [9.17, 15) is 4.79 Å². The maximum Gasteiger partial charge on any atom is 0.223 e. The van der Waals surface area contributed by atoms with Gasteiger partial charge in [0.25, 0.3) is 0 Å². The Morgan fingerprint density at radius 3 is 2.00 bits per heavy atom.